The molecule has 0 heterocycles. The van der Waals surface area contributed by atoms with Gasteiger partial charge in [-0.15, -0.1) is 0 Å². The van der Waals surface area contributed by atoms with Gasteiger partial charge in [-0.3, -0.25) is 4.52 Å². The van der Waals surface area contributed by atoms with E-state index >= 15 is 0 Å². The summed E-state index contributed by atoms with van der Waals surface area (Å²) in [6.45, 7) is -0.00617. The van der Waals surface area contributed by atoms with E-state index in [9.17, 15) is 9.13 Å². The summed E-state index contributed by atoms with van der Waals surface area (Å²) in [7, 11) is -9.56. The lowest BCUT2D eigenvalue weighted by Crippen LogP contribution is -1.97. The highest BCUT2D eigenvalue weighted by atomic mass is 31.3. The molecule has 9 heteroatoms. The van der Waals surface area contributed by atoms with Crippen LogP contribution in [0, 0.1) is 5.92 Å². The zero-order valence-corrected chi connectivity index (χ0v) is 8.36. The lowest BCUT2D eigenvalue weighted by Gasteiger charge is -2.11. The fourth-order valence-corrected chi connectivity index (χ4v) is 2.31. The molecular formula is C4H10O7P2. The molecule has 13 heavy (non-hydrogen) atoms. The van der Waals surface area contributed by atoms with Crippen LogP contribution in [0.4, 0.5) is 0 Å². The van der Waals surface area contributed by atoms with Crippen LogP contribution in [-0.2, 0) is 18.0 Å². The van der Waals surface area contributed by atoms with Crippen molar-refractivity contribution in [3.63, 3.8) is 0 Å². The molecule has 1 aliphatic rings. The van der Waals surface area contributed by atoms with Gasteiger partial charge in [0, 0.05) is 0 Å². The third kappa shape index (κ3) is 5.54. The largest absolute Gasteiger partial charge is 0.481 e. The second kappa shape index (κ2) is 3.79. The van der Waals surface area contributed by atoms with E-state index in [0.29, 0.717) is 0 Å². The minimum absolute atomic E-state index is 0.00617. The van der Waals surface area contributed by atoms with Gasteiger partial charge in [0.1, 0.15) is 0 Å². The smallest absolute Gasteiger partial charge is 0.302 e. The summed E-state index contributed by atoms with van der Waals surface area (Å²) in [6.07, 6.45) is 1.80. The highest BCUT2D eigenvalue weighted by molar-refractivity contribution is 7.60. The Morgan fingerprint density at radius 3 is 2.15 bits per heavy atom. The minimum Gasteiger partial charge on any atom is -0.302 e. The van der Waals surface area contributed by atoms with Gasteiger partial charge in [-0.05, 0) is 18.8 Å². The van der Waals surface area contributed by atoms with Crippen molar-refractivity contribution in [2.24, 2.45) is 5.92 Å². The van der Waals surface area contributed by atoms with Crippen LogP contribution >= 0.6 is 15.6 Å². The van der Waals surface area contributed by atoms with Crippen molar-refractivity contribution in [2.75, 3.05) is 6.61 Å². The van der Waals surface area contributed by atoms with Crippen molar-refractivity contribution in [1.82, 2.24) is 0 Å². The standard InChI is InChI=1S/C4H10O7P2/c5-12(6,7)11-13(8,9)10-3-4-1-2-4/h4H,1-3H2,(H,8,9)(H2,5,6,7). The minimum atomic E-state index is -4.96. The maximum atomic E-state index is 10.8. The van der Waals surface area contributed by atoms with Crippen LogP contribution in [0.2, 0.25) is 0 Å². The van der Waals surface area contributed by atoms with E-state index in [1.807, 2.05) is 0 Å². The Labute approximate surface area is 74.5 Å². The molecule has 0 saturated heterocycles. The molecule has 3 N–H and O–H groups in total. The van der Waals surface area contributed by atoms with Crippen LogP contribution in [0.1, 0.15) is 12.8 Å². The van der Waals surface area contributed by atoms with Gasteiger partial charge in [0.05, 0.1) is 6.61 Å². The lowest BCUT2D eigenvalue weighted by atomic mass is 10.5. The van der Waals surface area contributed by atoms with Crippen molar-refractivity contribution < 1.29 is 32.6 Å². The van der Waals surface area contributed by atoms with E-state index in [-0.39, 0.29) is 12.5 Å². The summed E-state index contributed by atoms with van der Waals surface area (Å²) in [5, 5.41) is 0. The molecule has 1 unspecified atom stereocenters. The Morgan fingerprint density at radius 1 is 1.23 bits per heavy atom. The molecule has 7 nitrogen and oxygen atoms in total. The fourth-order valence-electron chi connectivity index (χ4n) is 0.642. The number of phosphoric ester groups is 1. The molecule has 1 aliphatic carbocycles. The first-order valence-electron chi connectivity index (χ1n) is 3.53. The van der Waals surface area contributed by atoms with Crippen LogP contribution in [0.15, 0.2) is 0 Å². The van der Waals surface area contributed by atoms with Gasteiger partial charge >= 0.3 is 15.6 Å². The maximum absolute atomic E-state index is 10.8. The van der Waals surface area contributed by atoms with Gasteiger partial charge < -0.3 is 14.7 Å². The van der Waals surface area contributed by atoms with Gasteiger partial charge in [-0.25, -0.2) is 9.13 Å². The highest BCUT2D eigenvalue weighted by Gasteiger charge is 2.34. The second-order valence-corrected chi connectivity index (χ2v) is 5.61. The molecule has 1 saturated carbocycles. The summed E-state index contributed by atoms with van der Waals surface area (Å²) in [5.74, 6) is 0.209. The molecule has 0 amide bonds. The van der Waals surface area contributed by atoms with Crippen molar-refractivity contribution >= 4 is 15.6 Å². The predicted octanol–water partition coefficient (Wildman–Crippen LogP) is 0.623. The molecule has 0 aromatic rings. The Bertz CT molecular complexity index is 266. The number of phosphoric acid groups is 2. The average molecular weight is 232 g/mol. The SMILES string of the molecule is O=P(O)(O)OP(=O)(O)OCC1CC1. The Balaban J connectivity index is 2.35. The summed E-state index contributed by atoms with van der Waals surface area (Å²) in [5.41, 5.74) is 0. The van der Waals surface area contributed by atoms with E-state index in [4.69, 9.17) is 14.7 Å². The van der Waals surface area contributed by atoms with E-state index in [1.54, 1.807) is 0 Å². The monoisotopic (exact) mass is 232 g/mol. The molecule has 0 bridgehead atoms. The zero-order valence-electron chi connectivity index (χ0n) is 6.57. The first kappa shape index (κ1) is 11.3. The molecule has 1 rings (SSSR count). The molecule has 0 radical (unpaired) electrons. The van der Waals surface area contributed by atoms with Gasteiger partial charge in [0.15, 0.2) is 0 Å². The highest BCUT2D eigenvalue weighted by Crippen LogP contribution is 2.58. The molecule has 1 atom stereocenters. The summed E-state index contributed by atoms with van der Waals surface area (Å²) in [6, 6.07) is 0. The van der Waals surface area contributed by atoms with Crippen LogP contribution in [0.5, 0.6) is 0 Å². The molecule has 78 valence electrons. The van der Waals surface area contributed by atoms with Crippen molar-refractivity contribution in [3.05, 3.63) is 0 Å². The Hall–Kier alpha value is 0.260. The lowest BCUT2D eigenvalue weighted by molar-refractivity contribution is 0.173. The molecule has 0 aromatic carbocycles. The Kier molecular flexibility index (Phi) is 3.30. The van der Waals surface area contributed by atoms with E-state index in [2.05, 4.69) is 8.83 Å². The average Bonchev–Trinajstić information content (AvgIpc) is 2.59. The summed E-state index contributed by atoms with van der Waals surface area (Å²) >= 11 is 0. The van der Waals surface area contributed by atoms with Gasteiger partial charge in [-0.1, -0.05) is 0 Å². The van der Waals surface area contributed by atoms with E-state index in [1.165, 1.54) is 0 Å². The summed E-state index contributed by atoms with van der Waals surface area (Å²) < 4.78 is 28.8. The molecule has 0 aromatic heterocycles. The van der Waals surface area contributed by atoms with E-state index < -0.39 is 15.6 Å². The predicted molar refractivity (Wildman–Crippen MR) is 41.6 cm³/mol. The van der Waals surface area contributed by atoms with Crippen molar-refractivity contribution in [3.8, 4) is 0 Å². The quantitative estimate of drug-likeness (QED) is 0.595. The molecule has 0 spiro atoms. The molecule has 0 aliphatic heterocycles. The number of rotatable bonds is 5. The van der Waals surface area contributed by atoms with Gasteiger partial charge in [0.2, 0.25) is 0 Å². The first-order chi connectivity index (χ1) is 5.79. The zero-order chi connectivity index (χ0) is 10.1. The Morgan fingerprint density at radius 2 is 1.77 bits per heavy atom. The van der Waals surface area contributed by atoms with Gasteiger partial charge in [-0.2, -0.15) is 4.31 Å². The number of hydrogen-bond acceptors (Lipinski definition) is 4. The van der Waals surface area contributed by atoms with Crippen LogP contribution in [-0.4, -0.2) is 21.3 Å². The van der Waals surface area contributed by atoms with Crippen molar-refractivity contribution in [2.45, 2.75) is 12.8 Å². The third-order valence-corrected chi connectivity index (χ3v) is 3.53. The van der Waals surface area contributed by atoms with Crippen LogP contribution < -0.4 is 0 Å². The molecular weight excluding hydrogens is 222 g/mol. The fraction of sp³-hybridized carbons (Fsp3) is 1.00. The van der Waals surface area contributed by atoms with Gasteiger partial charge in [0.25, 0.3) is 0 Å². The number of hydrogen-bond donors (Lipinski definition) is 3. The first-order valence-corrected chi connectivity index (χ1v) is 6.55. The maximum Gasteiger partial charge on any atom is 0.481 e. The second-order valence-electron chi connectivity index (χ2n) is 2.78. The van der Waals surface area contributed by atoms with E-state index in [0.717, 1.165) is 12.8 Å². The molecule has 1 fully saturated rings. The van der Waals surface area contributed by atoms with Crippen LogP contribution in [0.25, 0.3) is 0 Å². The third-order valence-electron chi connectivity index (χ3n) is 1.38. The van der Waals surface area contributed by atoms with Crippen LogP contribution in [0.3, 0.4) is 0 Å². The normalized spacial score (nSPS) is 22.7. The topological polar surface area (TPSA) is 113 Å². The summed E-state index contributed by atoms with van der Waals surface area (Å²) in [4.78, 5) is 25.2. The van der Waals surface area contributed by atoms with Crippen molar-refractivity contribution in [1.29, 1.82) is 0 Å².